The van der Waals surface area contributed by atoms with E-state index >= 15 is 0 Å². The molecule has 104 valence electrons. The van der Waals surface area contributed by atoms with Crippen molar-refractivity contribution < 1.29 is 4.79 Å². The van der Waals surface area contributed by atoms with Gasteiger partial charge in [-0.05, 0) is 49.9 Å². The standard InChI is InChI=1S/C13H16ClN3O.ClH/c14-11-2-1-3-16-12(11)13(18)17-10-4-8-6-15-7-9(8)5-10;/h1-3,8-10,15H,4-7H2,(H,17,18);1H/t8-,9+,10?;. The molecule has 0 bridgehead atoms. The topological polar surface area (TPSA) is 54.0 Å². The van der Waals surface area contributed by atoms with Crippen LogP contribution in [0.3, 0.4) is 0 Å². The molecule has 2 heterocycles. The van der Waals surface area contributed by atoms with E-state index in [-0.39, 0.29) is 24.4 Å². The molecule has 0 spiro atoms. The summed E-state index contributed by atoms with van der Waals surface area (Å²) in [5.74, 6) is 1.28. The molecule has 2 aliphatic rings. The predicted octanol–water partition coefficient (Wildman–Crippen LogP) is 1.88. The summed E-state index contributed by atoms with van der Waals surface area (Å²) in [5, 5.41) is 6.86. The Morgan fingerprint density at radius 3 is 2.68 bits per heavy atom. The first kappa shape index (κ1) is 14.6. The molecule has 2 N–H and O–H groups in total. The van der Waals surface area contributed by atoms with Crippen LogP contribution in [0.15, 0.2) is 18.3 Å². The van der Waals surface area contributed by atoms with E-state index in [0.717, 1.165) is 37.8 Å². The van der Waals surface area contributed by atoms with E-state index in [1.807, 2.05) is 0 Å². The number of hydrogen-bond donors (Lipinski definition) is 2. The van der Waals surface area contributed by atoms with Crippen LogP contribution < -0.4 is 10.6 Å². The minimum Gasteiger partial charge on any atom is -0.348 e. The summed E-state index contributed by atoms with van der Waals surface area (Å²) in [6, 6.07) is 3.69. The van der Waals surface area contributed by atoms with Crippen molar-refractivity contribution in [3.63, 3.8) is 0 Å². The summed E-state index contributed by atoms with van der Waals surface area (Å²) in [5.41, 5.74) is 0.328. The fourth-order valence-corrected chi connectivity index (χ4v) is 3.30. The lowest BCUT2D eigenvalue weighted by Crippen LogP contribution is -2.34. The Kier molecular flexibility index (Phi) is 4.66. The molecule has 2 fully saturated rings. The number of amides is 1. The first-order valence-electron chi connectivity index (χ1n) is 6.36. The number of halogens is 2. The highest BCUT2D eigenvalue weighted by Gasteiger charge is 2.37. The van der Waals surface area contributed by atoms with E-state index in [1.54, 1.807) is 18.3 Å². The second-order valence-electron chi connectivity index (χ2n) is 5.15. The Hall–Kier alpha value is -0.840. The molecule has 1 aliphatic carbocycles. The van der Waals surface area contributed by atoms with Gasteiger partial charge in [0.05, 0.1) is 5.02 Å². The number of pyridine rings is 1. The molecule has 0 radical (unpaired) electrons. The van der Waals surface area contributed by atoms with E-state index in [9.17, 15) is 4.79 Å². The summed E-state index contributed by atoms with van der Waals surface area (Å²) in [4.78, 5) is 16.1. The van der Waals surface area contributed by atoms with Crippen LogP contribution in [0.1, 0.15) is 23.3 Å². The highest BCUT2D eigenvalue weighted by atomic mass is 35.5. The molecule has 4 nitrogen and oxygen atoms in total. The van der Waals surface area contributed by atoms with Crippen LogP contribution in [0.5, 0.6) is 0 Å². The van der Waals surface area contributed by atoms with Gasteiger partial charge in [0.25, 0.3) is 5.91 Å². The fraction of sp³-hybridized carbons (Fsp3) is 0.538. The highest BCUT2D eigenvalue weighted by Crippen LogP contribution is 2.34. The molecule has 6 heteroatoms. The average molecular weight is 302 g/mol. The van der Waals surface area contributed by atoms with Gasteiger partial charge >= 0.3 is 0 Å². The number of carbonyl (C=O) groups excluding carboxylic acids is 1. The lowest BCUT2D eigenvalue weighted by Gasteiger charge is -2.13. The lowest BCUT2D eigenvalue weighted by atomic mass is 10.0. The molecule has 1 unspecified atom stereocenters. The van der Waals surface area contributed by atoms with Crippen LogP contribution in [-0.2, 0) is 0 Å². The zero-order valence-corrected chi connectivity index (χ0v) is 12.0. The van der Waals surface area contributed by atoms with Gasteiger partial charge in [0.15, 0.2) is 0 Å². The molecule has 3 rings (SSSR count). The van der Waals surface area contributed by atoms with Crippen molar-refractivity contribution in [2.24, 2.45) is 11.8 Å². The normalized spacial score (nSPS) is 28.6. The van der Waals surface area contributed by atoms with Gasteiger partial charge in [0.1, 0.15) is 5.69 Å². The van der Waals surface area contributed by atoms with Gasteiger partial charge in [-0.2, -0.15) is 0 Å². The van der Waals surface area contributed by atoms with E-state index in [4.69, 9.17) is 11.6 Å². The van der Waals surface area contributed by atoms with Crippen LogP contribution in [-0.4, -0.2) is 30.0 Å². The number of hydrogen-bond acceptors (Lipinski definition) is 3. The Balaban J connectivity index is 0.00000133. The van der Waals surface area contributed by atoms with Crippen molar-refractivity contribution in [3.05, 3.63) is 29.0 Å². The van der Waals surface area contributed by atoms with Crippen molar-refractivity contribution in [1.29, 1.82) is 0 Å². The number of nitrogens with zero attached hydrogens (tertiary/aromatic N) is 1. The fourth-order valence-electron chi connectivity index (χ4n) is 3.09. The van der Waals surface area contributed by atoms with Crippen LogP contribution in [0, 0.1) is 11.8 Å². The van der Waals surface area contributed by atoms with Crippen LogP contribution >= 0.6 is 24.0 Å². The Bertz CT molecular complexity index is 457. The van der Waals surface area contributed by atoms with E-state index in [0.29, 0.717) is 10.7 Å². The van der Waals surface area contributed by atoms with Crippen molar-refractivity contribution in [2.75, 3.05) is 13.1 Å². The molecule has 1 aliphatic heterocycles. The van der Waals surface area contributed by atoms with Crippen molar-refractivity contribution in [2.45, 2.75) is 18.9 Å². The summed E-state index contributed by atoms with van der Waals surface area (Å²) in [6.07, 6.45) is 3.72. The number of aromatic nitrogens is 1. The van der Waals surface area contributed by atoms with Crippen LogP contribution in [0.4, 0.5) is 0 Å². The molecule has 1 aromatic heterocycles. The maximum Gasteiger partial charge on any atom is 0.271 e. The predicted molar refractivity (Wildman–Crippen MR) is 76.8 cm³/mol. The number of fused-ring (bicyclic) bond motifs is 1. The average Bonchev–Trinajstić information content (AvgIpc) is 2.90. The minimum atomic E-state index is -0.154. The van der Waals surface area contributed by atoms with Gasteiger partial charge in [-0.15, -0.1) is 12.4 Å². The van der Waals surface area contributed by atoms with E-state index in [2.05, 4.69) is 15.6 Å². The molecule has 1 amide bonds. The molecule has 1 aromatic rings. The number of rotatable bonds is 2. The monoisotopic (exact) mass is 301 g/mol. The van der Waals surface area contributed by atoms with Crippen LogP contribution in [0.2, 0.25) is 5.02 Å². The number of carbonyl (C=O) groups is 1. The second-order valence-corrected chi connectivity index (χ2v) is 5.56. The number of nitrogens with one attached hydrogen (secondary N) is 2. The quantitative estimate of drug-likeness (QED) is 0.877. The van der Waals surface area contributed by atoms with Crippen LogP contribution in [0.25, 0.3) is 0 Å². The van der Waals surface area contributed by atoms with Crippen molar-refractivity contribution >= 4 is 29.9 Å². The smallest absolute Gasteiger partial charge is 0.271 e. The van der Waals surface area contributed by atoms with Gasteiger partial charge in [-0.1, -0.05) is 11.6 Å². The first-order chi connectivity index (χ1) is 8.74. The Morgan fingerprint density at radius 2 is 2.05 bits per heavy atom. The highest BCUT2D eigenvalue weighted by molar-refractivity contribution is 6.33. The summed E-state index contributed by atoms with van der Waals surface area (Å²) >= 11 is 5.97. The van der Waals surface area contributed by atoms with E-state index in [1.165, 1.54) is 0 Å². The van der Waals surface area contributed by atoms with Gasteiger partial charge in [-0.3, -0.25) is 4.79 Å². The lowest BCUT2D eigenvalue weighted by molar-refractivity contribution is 0.0931. The zero-order chi connectivity index (χ0) is 12.5. The van der Waals surface area contributed by atoms with Gasteiger partial charge in [-0.25, -0.2) is 4.98 Å². The summed E-state index contributed by atoms with van der Waals surface area (Å²) < 4.78 is 0. The van der Waals surface area contributed by atoms with Crippen molar-refractivity contribution in [3.8, 4) is 0 Å². The molecule has 1 saturated heterocycles. The van der Waals surface area contributed by atoms with E-state index < -0.39 is 0 Å². The molecular formula is C13H17Cl2N3O. The second kappa shape index (κ2) is 6.07. The minimum absolute atomic E-state index is 0. The molecular weight excluding hydrogens is 285 g/mol. The maximum atomic E-state index is 12.1. The Labute approximate surface area is 123 Å². The summed E-state index contributed by atoms with van der Waals surface area (Å²) in [7, 11) is 0. The SMILES string of the molecule is Cl.O=C(NC1C[C@H]2CNC[C@H]2C1)c1ncccc1Cl. The third-order valence-corrected chi connectivity index (χ3v) is 4.27. The Morgan fingerprint density at radius 1 is 1.37 bits per heavy atom. The van der Waals surface area contributed by atoms with Gasteiger partial charge in [0, 0.05) is 12.2 Å². The third-order valence-electron chi connectivity index (χ3n) is 3.96. The molecule has 0 aromatic carbocycles. The molecule has 19 heavy (non-hydrogen) atoms. The third kappa shape index (κ3) is 3.02. The summed E-state index contributed by atoms with van der Waals surface area (Å²) in [6.45, 7) is 2.17. The zero-order valence-electron chi connectivity index (χ0n) is 10.4. The maximum absolute atomic E-state index is 12.1. The molecule has 1 saturated carbocycles. The molecule has 3 atom stereocenters. The van der Waals surface area contributed by atoms with Gasteiger partial charge in [0.2, 0.25) is 0 Å². The first-order valence-corrected chi connectivity index (χ1v) is 6.74. The van der Waals surface area contributed by atoms with Gasteiger partial charge < -0.3 is 10.6 Å². The largest absolute Gasteiger partial charge is 0.348 e. The van der Waals surface area contributed by atoms with Crippen molar-refractivity contribution in [1.82, 2.24) is 15.6 Å².